The molecular formula is C16H21N3O3. The third-order valence-corrected chi connectivity index (χ3v) is 3.63. The van der Waals surface area contributed by atoms with Gasteiger partial charge in [-0.15, -0.1) is 0 Å². The van der Waals surface area contributed by atoms with Crippen LogP contribution in [0.2, 0.25) is 0 Å². The van der Waals surface area contributed by atoms with Crippen molar-refractivity contribution in [2.45, 2.75) is 33.1 Å². The number of nitrogens with two attached hydrogens (primary N) is 1. The Bertz CT molecular complexity index is 634. The molecule has 0 aliphatic heterocycles. The Labute approximate surface area is 130 Å². The van der Waals surface area contributed by atoms with Crippen molar-refractivity contribution in [3.63, 3.8) is 0 Å². The third kappa shape index (κ3) is 2.89. The van der Waals surface area contributed by atoms with Gasteiger partial charge in [0.1, 0.15) is 11.5 Å². The standard InChI is InChI=1S/C16H21N3O3/c1-5-19-14-11(9-17)12(7-8-13(14)18)16(4,10(3)20)15(21)22-6-2/h7-8,19H,5-6,18H2,1-4H3. The molecule has 0 radical (unpaired) electrons. The summed E-state index contributed by atoms with van der Waals surface area (Å²) in [5.41, 5.74) is 5.65. The number of nitriles is 1. The van der Waals surface area contributed by atoms with Gasteiger partial charge >= 0.3 is 5.97 Å². The number of nitrogen functional groups attached to an aromatic ring is 1. The van der Waals surface area contributed by atoms with Crippen molar-refractivity contribution in [3.8, 4) is 6.07 Å². The normalized spacial score (nSPS) is 12.9. The van der Waals surface area contributed by atoms with Crippen molar-refractivity contribution >= 4 is 23.1 Å². The SMILES string of the molecule is CCNc1c(N)ccc(C(C)(C(C)=O)C(=O)OCC)c1C#N. The lowest BCUT2D eigenvalue weighted by Gasteiger charge is -2.27. The first-order valence-electron chi connectivity index (χ1n) is 7.09. The first-order chi connectivity index (χ1) is 10.3. The molecule has 1 atom stereocenters. The molecule has 1 aromatic rings. The van der Waals surface area contributed by atoms with E-state index in [4.69, 9.17) is 10.5 Å². The average molecular weight is 303 g/mol. The number of hydrogen-bond acceptors (Lipinski definition) is 6. The molecule has 0 heterocycles. The van der Waals surface area contributed by atoms with E-state index in [1.807, 2.05) is 13.0 Å². The van der Waals surface area contributed by atoms with E-state index in [0.29, 0.717) is 23.5 Å². The zero-order chi connectivity index (χ0) is 16.9. The maximum absolute atomic E-state index is 12.3. The van der Waals surface area contributed by atoms with Crippen molar-refractivity contribution in [1.82, 2.24) is 0 Å². The zero-order valence-corrected chi connectivity index (χ0v) is 13.3. The maximum Gasteiger partial charge on any atom is 0.323 e. The molecule has 0 saturated carbocycles. The van der Waals surface area contributed by atoms with Gasteiger partial charge in [-0.3, -0.25) is 9.59 Å². The lowest BCUT2D eigenvalue weighted by molar-refractivity contribution is -0.152. The summed E-state index contributed by atoms with van der Waals surface area (Å²) in [5.74, 6) is -1.07. The molecule has 0 aliphatic rings. The summed E-state index contributed by atoms with van der Waals surface area (Å²) < 4.78 is 5.03. The van der Waals surface area contributed by atoms with Gasteiger partial charge in [0.05, 0.1) is 23.5 Å². The van der Waals surface area contributed by atoms with E-state index >= 15 is 0 Å². The van der Waals surface area contributed by atoms with Gasteiger partial charge in [0.25, 0.3) is 0 Å². The molecule has 118 valence electrons. The first kappa shape index (κ1) is 17.5. The number of nitrogens with zero attached hydrogens (tertiary/aromatic N) is 1. The van der Waals surface area contributed by atoms with Gasteiger partial charge in [-0.1, -0.05) is 6.07 Å². The van der Waals surface area contributed by atoms with E-state index in [2.05, 4.69) is 5.32 Å². The number of esters is 1. The highest BCUT2D eigenvalue weighted by molar-refractivity contribution is 6.09. The number of Topliss-reactive ketones (excluding diaryl/α,β-unsaturated/α-hetero) is 1. The van der Waals surface area contributed by atoms with Crippen LogP contribution in [0.1, 0.15) is 38.8 Å². The summed E-state index contributed by atoms with van der Waals surface area (Å²) in [6.07, 6.45) is 0. The fraction of sp³-hybridized carbons (Fsp3) is 0.438. The van der Waals surface area contributed by atoms with Crippen molar-refractivity contribution in [1.29, 1.82) is 5.26 Å². The van der Waals surface area contributed by atoms with E-state index in [-0.39, 0.29) is 12.2 Å². The van der Waals surface area contributed by atoms with Crippen molar-refractivity contribution in [2.75, 3.05) is 24.2 Å². The molecule has 22 heavy (non-hydrogen) atoms. The van der Waals surface area contributed by atoms with Crippen LogP contribution < -0.4 is 11.1 Å². The third-order valence-electron chi connectivity index (χ3n) is 3.63. The predicted molar refractivity (Wildman–Crippen MR) is 84.4 cm³/mol. The second kappa shape index (κ2) is 6.94. The minimum atomic E-state index is -1.54. The highest BCUT2D eigenvalue weighted by atomic mass is 16.5. The summed E-state index contributed by atoms with van der Waals surface area (Å²) in [6, 6.07) is 5.16. The molecule has 1 aromatic carbocycles. The molecule has 0 spiro atoms. The topological polar surface area (TPSA) is 105 Å². The van der Waals surface area contributed by atoms with Crippen molar-refractivity contribution in [3.05, 3.63) is 23.3 Å². The monoisotopic (exact) mass is 303 g/mol. The number of hydrogen-bond donors (Lipinski definition) is 2. The molecular weight excluding hydrogens is 282 g/mol. The van der Waals surface area contributed by atoms with Gasteiger partial charge < -0.3 is 15.8 Å². The van der Waals surface area contributed by atoms with E-state index in [1.54, 1.807) is 13.0 Å². The number of rotatable bonds is 6. The Morgan fingerprint density at radius 2 is 2.05 bits per heavy atom. The lowest BCUT2D eigenvalue weighted by atomic mass is 9.76. The molecule has 0 saturated heterocycles. The summed E-state index contributed by atoms with van der Waals surface area (Å²) in [4.78, 5) is 24.5. The maximum atomic E-state index is 12.3. The molecule has 0 aliphatic carbocycles. The number of nitrogens with one attached hydrogen (secondary N) is 1. The van der Waals surface area contributed by atoms with Gasteiger partial charge in [0.15, 0.2) is 5.78 Å². The van der Waals surface area contributed by atoms with Crippen LogP contribution in [0, 0.1) is 11.3 Å². The Morgan fingerprint density at radius 1 is 1.41 bits per heavy atom. The average Bonchev–Trinajstić information content (AvgIpc) is 2.48. The molecule has 1 rings (SSSR count). The van der Waals surface area contributed by atoms with Crippen LogP contribution >= 0.6 is 0 Å². The molecule has 3 N–H and O–H groups in total. The van der Waals surface area contributed by atoms with Crippen molar-refractivity contribution < 1.29 is 14.3 Å². The molecule has 6 nitrogen and oxygen atoms in total. The Hall–Kier alpha value is -2.55. The first-order valence-corrected chi connectivity index (χ1v) is 7.09. The Kier molecular flexibility index (Phi) is 5.52. The van der Waals surface area contributed by atoms with Crippen LogP contribution in [0.3, 0.4) is 0 Å². The summed E-state index contributed by atoms with van der Waals surface area (Å²) >= 11 is 0. The zero-order valence-electron chi connectivity index (χ0n) is 13.3. The molecule has 0 bridgehead atoms. The highest BCUT2D eigenvalue weighted by Gasteiger charge is 2.44. The quantitative estimate of drug-likeness (QED) is 0.473. The number of ketones is 1. The van der Waals surface area contributed by atoms with Gasteiger partial charge in [-0.05, 0) is 39.3 Å². The van der Waals surface area contributed by atoms with Gasteiger partial charge in [-0.25, -0.2) is 0 Å². The second-order valence-electron chi connectivity index (χ2n) is 5.00. The second-order valence-corrected chi connectivity index (χ2v) is 5.00. The number of carbonyl (C=O) groups excluding carboxylic acids is 2. The summed E-state index contributed by atoms with van der Waals surface area (Å²) in [7, 11) is 0. The van der Waals surface area contributed by atoms with E-state index in [1.165, 1.54) is 19.9 Å². The van der Waals surface area contributed by atoms with E-state index in [0.717, 1.165) is 0 Å². The van der Waals surface area contributed by atoms with Crippen LogP contribution in [0.15, 0.2) is 12.1 Å². The highest BCUT2D eigenvalue weighted by Crippen LogP contribution is 2.35. The Morgan fingerprint density at radius 3 is 2.50 bits per heavy atom. The number of ether oxygens (including phenoxy) is 1. The lowest BCUT2D eigenvalue weighted by Crippen LogP contribution is -2.41. The van der Waals surface area contributed by atoms with Crippen LogP contribution in [-0.4, -0.2) is 24.9 Å². The number of anilines is 2. The fourth-order valence-electron chi connectivity index (χ4n) is 2.24. The predicted octanol–water partition coefficient (Wildman–Crippen LogP) is 1.98. The van der Waals surface area contributed by atoms with Crippen LogP contribution in [0.4, 0.5) is 11.4 Å². The van der Waals surface area contributed by atoms with Crippen molar-refractivity contribution in [2.24, 2.45) is 0 Å². The van der Waals surface area contributed by atoms with Crippen LogP contribution in [-0.2, 0) is 19.7 Å². The molecule has 0 fully saturated rings. The molecule has 0 aromatic heterocycles. The number of benzene rings is 1. The van der Waals surface area contributed by atoms with E-state index in [9.17, 15) is 14.9 Å². The Balaban J connectivity index is 3.64. The van der Waals surface area contributed by atoms with E-state index < -0.39 is 17.2 Å². The van der Waals surface area contributed by atoms with Gasteiger partial charge in [0.2, 0.25) is 0 Å². The van der Waals surface area contributed by atoms with Gasteiger partial charge in [-0.2, -0.15) is 5.26 Å². The minimum Gasteiger partial charge on any atom is -0.465 e. The molecule has 6 heteroatoms. The summed E-state index contributed by atoms with van der Waals surface area (Å²) in [5, 5.41) is 12.5. The van der Waals surface area contributed by atoms with Crippen LogP contribution in [0.25, 0.3) is 0 Å². The van der Waals surface area contributed by atoms with Gasteiger partial charge in [0, 0.05) is 6.54 Å². The fourth-order valence-corrected chi connectivity index (χ4v) is 2.24. The smallest absolute Gasteiger partial charge is 0.323 e. The molecule has 0 amide bonds. The molecule has 1 unspecified atom stereocenters. The summed E-state index contributed by atoms with van der Waals surface area (Å²) in [6.45, 7) is 7.01. The largest absolute Gasteiger partial charge is 0.465 e. The number of carbonyl (C=O) groups is 2. The minimum absolute atomic E-state index is 0.151. The van der Waals surface area contributed by atoms with Crippen LogP contribution in [0.5, 0.6) is 0 Å².